The largest absolute Gasteiger partial charge is 0.388 e. The fourth-order valence-corrected chi connectivity index (χ4v) is 1.18. The Hall–Kier alpha value is -1.42. The first kappa shape index (κ1) is 12.6. The fourth-order valence-electron chi connectivity index (χ4n) is 1.18. The number of carbonyl (C=O) groups is 1. The van der Waals surface area contributed by atoms with Gasteiger partial charge in [-0.3, -0.25) is 9.78 Å². The van der Waals surface area contributed by atoms with E-state index in [1.54, 1.807) is 25.3 Å². The summed E-state index contributed by atoms with van der Waals surface area (Å²) in [5.41, 5.74) is 0.520. The number of amides is 1. The summed E-state index contributed by atoms with van der Waals surface area (Å²) in [4.78, 5) is 15.7. The van der Waals surface area contributed by atoms with Gasteiger partial charge in [0, 0.05) is 24.0 Å². The topological polar surface area (TPSA) is 62.2 Å². The molecule has 1 unspecified atom stereocenters. The smallest absolute Gasteiger partial charge is 0.251 e. The molecule has 0 spiro atoms. The molecule has 0 fully saturated rings. The van der Waals surface area contributed by atoms with Crippen LogP contribution in [0.5, 0.6) is 0 Å². The lowest BCUT2D eigenvalue weighted by Gasteiger charge is -2.21. The molecule has 2 N–H and O–H groups in total. The van der Waals surface area contributed by atoms with Crippen LogP contribution in [-0.4, -0.2) is 28.1 Å². The zero-order chi connectivity index (χ0) is 12.2. The second kappa shape index (κ2) is 5.07. The van der Waals surface area contributed by atoms with Crippen LogP contribution >= 0.6 is 0 Å². The van der Waals surface area contributed by atoms with Gasteiger partial charge in [0.15, 0.2) is 0 Å². The van der Waals surface area contributed by atoms with Crippen molar-refractivity contribution in [3.8, 4) is 0 Å². The van der Waals surface area contributed by atoms with Gasteiger partial charge >= 0.3 is 0 Å². The molecule has 1 rings (SSSR count). The van der Waals surface area contributed by atoms with Gasteiger partial charge in [0.2, 0.25) is 0 Å². The third-order valence-corrected chi connectivity index (χ3v) is 2.55. The predicted molar refractivity (Wildman–Crippen MR) is 62.2 cm³/mol. The number of rotatable bonds is 4. The van der Waals surface area contributed by atoms with Gasteiger partial charge in [-0.2, -0.15) is 0 Å². The van der Waals surface area contributed by atoms with Gasteiger partial charge in [0.05, 0.1) is 5.60 Å². The molecule has 0 aromatic carbocycles. The third kappa shape index (κ3) is 3.62. The van der Waals surface area contributed by atoms with Crippen molar-refractivity contribution in [2.24, 2.45) is 0 Å². The Kier molecular flexibility index (Phi) is 4.01. The number of aliphatic hydroxyl groups is 1. The van der Waals surface area contributed by atoms with Crippen LogP contribution in [0.4, 0.5) is 0 Å². The first-order chi connectivity index (χ1) is 7.44. The van der Waals surface area contributed by atoms with Crippen molar-refractivity contribution in [1.29, 1.82) is 0 Å². The number of nitrogens with zero attached hydrogens (tertiary/aromatic N) is 1. The highest BCUT2D eigenvalue weighted by Gasteiger charge is 2.18. The quantitative estimate of drug-likeness (QED) is 0.806. The lowest BCUT2D eigenvalue weighted by atomic mass is 10.0. The Morgan fingerprint density at radius 1 is 1.62 bits per heavy atom. The van der Waals surface area contributed by atoms with E-state index in [1.807, 2.05) is 13.8 Å². The highest BCUT2D eigenvalue weighted by Crippen LogP contribution is 2.07. The SMILES string of the molecule is CCC(C)(O)CNC(=O)c1ccnc(C)c1. The molecule has 88 valence electrons. The van der Waals surface area contributed by atoms with E-state index in [2.05, 4.69) is 10.3 Å². The average molecular weight is 222 g/mol. The molecule has 0 aliphatic carbocycles. The zero-order valence-electron chi connectivity index (χ0n) is 9.95. The fraction of sp³-hybridized carbons (Fsp3) is 0.500. The summed E-state index contributed by atoms with van der Waals surface area (Å²) in [5, 5.41) is 12.4. The predicted octanol–water partition coefficient (Wildman–Crippen LogP) is 1.28. The van der Waals surface area contributed by atoms with Crippen LogP contribution in [0, 0.1) is 6.92 Å². The van der Waals surface area contributed by atoms with E-state index in [4.69, 9.17) is 0 Å². The molecule has 16 heavy (non-hydrogen) atoms. The van der Waals surface area contributed by atoms with E-state index >= 15 is 0 Å². The van der Waals surface area contributed by atoms with Gasteiger partial charge in [0.1, 0.15) is 0 Å². The van der Waals surface area contributed by atoms with E-state index in [0.29, 0.717) is 12.0 Å². The number of pyridine rings is 1. The van der Waals surface area contributed by atoms with Gasteiger partial charge in [-0.25, -0.2) is 0 Å². The molecule has 0 radical (unpaired) electrons. The maximum Gasteiger partial charge on any atom is 0.251 e. The molecule has 0 aliphatic rings. The minimum atomic E-state index is -0.849. The van der Waals surface area contributed by atoms with Crippen LogP contribution in [-0.2, 0) is 0 Å². The summed E-state index contributed by atoms with van der Waals surface area (Å²) in [6.07, 6.45) is 2.20. The zero-order valence-corrected chi connectivity index (χ0v) is 9.95. The second-order valence-corrected chi connectivity index (χ2v) is 4.22. The summed E-state index contributed by atoms with van der Waals surface area (Å²) in [7, 11) is 0. The molecule has 0 saturated heterocycles. The molecule has 4 nitrogen and oxygen atoms in total. The van der Waals surface area contributed by atoms with Crippen molar-refractivity contribution >= 4 is 5.91 Å². The molecular formula is C12H18N2O2. The Morgan fingerprint density at radius 3 is 2.88 bits per heavy atom. The highest BCUT2D eigenvalue weighted by atomic mass is 16.3. The van der Waals surface area contributed by atoms with E-state index in [-0.39, 0.29) is 12.5 Å². The van der Waals surface area contributed by atoms with Crippen LogP contribution in [0.2, 0.25) is 0 Å². The molecular weight excluding hydrogens is 204 g/mol. The average Bonchev–Trinajstić information content (AvgIpc) is 2.26. The standard InChI is InChI=1S/C12H18N2O2/c1-4-12(3,16)8-14-11(15)10-5-6-13-9(2)7-10/h5-7,16H,4,8H2,1-3H3,(H,14,15). The van der Waals surface area contributed by atoms with Crippen molar-refractivity contribution in [2.45, 2.75) is 32.8 Å². The van der Waals surface area contributed by atoms with E-state index < -0.39 is 5.60 Å². The third-order valence-electron chi connectivity index (χ3n) is 2.55. The number of hydrogen-bond donors (Lipinski definition) is 2. The van der Waals surface area contributed by atoms with Gasteiger partial charge in [-0.1, -0.05) is 6.92 Å². The first-order valence-electron chi connectivity index (χ1n) is 5.38. The lowest BCUT2D eigenvalue weighted by Crippen LogP contribution is -2.40. The molecule has 1 aromatic rings. The second-order valence-electron chi connectivity index (χ2n) is 4.22. The van der Waals surface area contributed by atoms with Crippen molar-refractivity contribution in [3.63, 3.8) is 0 Å². The van der Waals surface area contributed by atoms with E-state index in [1.165, 1.54) is 0 Å². The van der Waals surface area contributed by atoms with Crippen molar-refractivity contribution < 1.29 is 9.90 Å². The monoisotopic (exact) mass is 222 g/mol. The first-order valence-corrected chi connectivity index (χ1v) is 5.38. The van der Waals surface area contributed by atoms with Crippen LogP contribution in [0.3, 0.4) is 0 Å². The number of aryl methyl sites for hydroxylation is 1. The Morgan fingerprint density at radius 2 is 2.31 bits per heavy atom. The van der Waals surface area contributed by atoms with Gasteiger partial charge in [0.25, 0.3) is 5.91 Å². The number of aromatic nitrogens is 1. The minimum Gasteiger partial charge on any atom is -0.388 e. The van der Waals surface area contributed by atoms with Gasteiger partial charge in [-0.05, 0) is 32.4 Å². The molecule has 1 heterocycles. The summed E-state index contributed by atoms with van der Waals surface area (Å²) in [5.74, 6) is -0.181. The summed E-state index contributed by atoms with van der Waals surface area (Å²) in [6, 6.07) is 3.37. The normalized spacial score (nSPS) is 14.2. The number of carbonyl (C=O) groups excluding carboxylic acids is 1. The number of hydrogen-bond acceptors (Lipinski definition) is 3. The Balaban J connectivity index is 2.60. The maximum atomic E-state index is 11.7. The van der Waals surface area contributed by atoms with Crippen molar-refractivity contribution in [1.82, 2.24) is 10.3 Å². The molecule has 1 atom stereocenters. The van der Waals surface area contributed by atoms with Crippen LogP contribution in [0.15, 0.2) is 18.3 Å². The van der Waals surface area contributed by atoms with Gasteiger partial charge in [-0.15, -0.1) is 0 Å². The summed E-state index contributed by atoms with van der Waals surface area (Å²) < 4.78 is 0. The minimum absolute atomic E-state index is 0.181. The van der Waals surface area contributed by atoms with E-state index in [0.717, 1.165) is 5.69 Å². The van der Waals surface area contributed by atoms with E-state index in [9.17, 15) is 9.90 Å². The Labute approximate surface area is 95.7 Å². The van der Waals surface area contributed by atoms with Crippen LogP contribution in [0.1, 0.15) is 36.3 Å². The highest BCUT2D eigenvalue weighted by molar-refractivity contribution is 5.94. The number of nitrogens with one attached hydrogen (secondary N) is 1. The molecule has 1 amide bonds. The lowest BCUT2D eigenvalue weighted by molar-refractivity contribution is 0.0518. The molecule has 0 aliphatic heterocycles. The Bertz CT molecular complexity index is 375. The molecule has 0 bridgehead atoms. The van der Waals surface area contributed by atoms with Gasteiger partial charge < -0.3 is 10.4 Å². The molecule has 0 saturated carbocycles. The van der Waals surface area contributed by atoms with Crippen LogP contribution < -0.4 is 5.32 Å². The molecule has 1 aromatic heterocycles. The summed E-state index contributed by atoms with van der Waals surface area (Å²) >= 11 is 0. The van der Waals surface area contributed by atoms with Crippen molar-refractivity contribution in [3.05, 3.63) is 29.6 Å². The van der Waals surface area contributed by atoms with Crippen molar-refractivity contribution in [2.75, 3.05) is 6.54 Å². The maximum absolute atomic E-state index is 11.7. The summed E-state index contributed by atoms with van der Waals surface area (Å²) in [6.45, 7) is 5.66. The van der Waals surface area contributed by atoms with Crippen LogP contribution in [0.25, 0.3) is 0 Å². The molecule has 4 heteroatoms.